The lowest BCUT2D eigenvalue weighted by Gasteiger charge is -2.38. The van der Waals surface area contributed by atoms with Crippen LogP contribution >= 0.6 is 0 Å². The molecule has 2 aliphatic carbocycles. The maximum Gasteiger partial charge on any atom is 0.457 e. The Kier molecular flexibility index (Phi) is 10.7. The lowest BCUT2D eigenvalue weighted by Crippen LogP contribution is -2.68. The number of carbonyl (C=O) groups is 4. The second-order valence-electron chi connectivity index (χ2n) is 17.2. The van der Waals surface area contributed by atoms with Crippen LogP contribution in [0.5, 0.6) is 5.75 Å². The van der Waals surface area contributed by atoms with Crippen LogP contribution in [0.3, 0.4) is 0 Å². The molecule has 3 aliphatic heterocycles. The molecule has 4 amide bonds. The molecule has 3 N–H and O–H groups in total. The minimum atomic E-state index is -6.06. The summed E-state index contributed by atoms with van der Waals surface area (Å²) in [4.78, 5) is 62.4. The maximum atomic E-state index is 14.7. The number of nitrogens with one attached hydrogen (secondary N) is 3. The average molecular weight is 864 g/mol. The molecule has 5 unspecified atom stereocenters. The van der Waals surface area contributed by atoms with Gasteiger partial charge in [0.15, 0.2) is 11.1 Å². The van der Waals surface area contributed by atoms with Crippen LogP contribution in [0, 0.1) is 24.7 Å². The number of ether oxygens (including phenoxy) is 2. The number of pyridine rings is 1. The molecule has 5 atom stereocenters. The Hall–Kier alpha value is -4.99. The summed E-state index contributed by atoms with van der Waals surface area (Å²) in [7, 11) is -4.19. The lowest BCUT2D eigenvalue weighted by molar-refractivity contribution is -0.332. The first-order valence-electron chi connectivity index (χ1n) is 19.8. The molecular weight excluding hydrogens is 818 g/mol. The van der Waals surface area contributed by atoms with Crippen LogP contribution in [0.1, 0.15) is 89.8 Å². The van der Waals surface area contributed by atoms with E-state index in [1.165, 1.54) is 6.92 Å². The van der Waals surface area contributed by atoms with Crippen molar-refractivity contribution in [2.75, 3.05) is 6.54 Å². The second-order valence-corrected chi connectivity index (χ2v) is 19.4. The van der Waals surface area contributed by atoms with Crippen molar-refractivity contribution in [1.29, 1.82) is 0 Å². The molecule has 60 heavy (non-hydrogen) atoms. The van der Waals surface area contributed by atoms with Crippen molar-refractivity contribution in [2.24, 2.45) is 5.92 Å². The summed E-state index contributed by atoms with van der Waals surface area (Å²) in [5.74, 6) is -3.30. The molecule has 324 valence electrons. The minimum Gasteiger partial charge on any atom is -0.483 e. The summed E-state index contributed by atoms with van der Waals surface area (Å²) in [6.07, 6.45) is -1.63. The number of fused-ring (bicyclic) bond motifs is 5. The topological polar surface area (TPSA) is 173 Å². The van der Waals surface area contributed by atoms with Crippen LogP contribution in [-0.4, -0.2) is 94.3 Å². The van der Waals surface area contributed by atoms with Gasteiger partial charge in [0.25, 0.3) is 5.91 Å². The zero-order chi connectivity index (χ0) is 43.7. The third-order valence-electron chi connectivity index (χ3n) is 12.4. The fraction of sp³-hybridized carbons (Fsp3) is 0.585. The highest BCUT2D eigenvalue weighted by molar-refractivity contribution is 7.91. The van der Waals surface area contributed by atoms with E-state index in [1.54, 1.807) is 19.1 Å². The van der Waals surface area contributed by atoms with Gasteiger partial charge in [-0.15, -0.1) is 0 Å². The van der Waals surface area contributed by atoms with Crippen LogP contribution in [0.4, 0.5) is 26.7 Å². The van der Waals surface area contributed by atoms with Gasteiger partial charge in [-0.3, -0.25) is 14.4 Å². The number of alkyl carbamates (subject to hydrolysis) is 1. The number of nitrogens with zero attached hydrogens (tertiary/aromatic N) is 2. The number of allylic oxidation sites excluding steroid dienone is 1. The van der Waals surface area contributed by atoms with E-state index in [-0.39, 0.29) is 32.2 Å². The number of alkyl halides is 5. The van der Waals surface area contributed by atoms with E-state index >= 15 is 0 Å². The van der Waals surface area contributed by atoms with Crippen LogP contribution < -0.4 is 20.1 Å². The molecule has 1 spiro atoms. The van der Waals surface area contributed by atoms with Gasteiger partial charge >= 0.3 is 18.2 Å². The highest BCUT2D eigenvalue weighted by Crippen LogP contribution is 2.47. The Morgan fingerprint density at radius 2 is 1.78 bits per heavy atom. The molecule has 19 heteroatoms. The van der Waals surface area contributed by atoms with E-state index in [4.69, 9.17) is 9.72 Å². The van der Waals surface area contributed by atoms with Crippen molar-refractivity contribution < 1.29 is 59.0 Å². The number of benzene rings is 1. The van der Waals surface area contributed by atoms with Crippen molar-refractivity contribution in [1.82, 2.24) is 25.2 Å². The van der Waals surface area contributed by atoms with E-state index in [2.05, 4.69) is 31.9 Å². The number of amides is 4. The van der Waals surface area contributed by atoms with E-state index in [1.807, 2.05) is 24.3 Å². The van der Waals surface area contributed by atoms with Crippen LogP contribution in [0.15, 0.2) is 36.4 Å². The standard InChI is InChI=1S/C41H46F5N5O8S/c1-24-31-27(26-13-10-11-14-28(26)47-24)17-18-38(58-31)22-30-32(52)49-39(34(54)50-60(56,57)37(4)20-21-37)19-16-25(39)12-8-6-5-7-9-15-29(33(53)51(30)23-38)48-35(55)59-36(2,3)40(42,43)41(44,45)46/h8,10-14,25,29-30H,5-7,9,15,17-18,20-23H2,1-4H3,(H,48,55)(H,49,52)(H,50,54). The Morgan fingerprint density at radius 1 is 1.07 bits per heavy atom. The van der Waals surface area contributed by atoms with Gasteiger partial charge < -0.3 is 25.0 Å². The summed E-state index contributed by atoms with van der Waals surface area (Å²) in [5, 5.41) is 5.72. The Morgan fingerprint density at radius 3 is 2.45 bits per heavy atom. The third-order valence-corrected chi connectivity index (χ3v) is 14.6. The third kappa shape index (κ3) is 7.53. The van der Waals surface area contributed by atoms with Crippen LogP contribution in [0.25, 0.3) is 10.9 Å². The number of rotatable bonds is 6. The molecular formula is C41H46F5N5O8S. The maximum absolute atomic E-state index is 14.7. The molecule has 0 bridgehead atoms. The van der Waals surface area contributed by atoms with Gasteiger partial charge in [-0.05, 0) is 78.7 Å². The normalized spacial score (nSPS) is 27.9. The molecule has 5 aliphatic rings. The molecule has 1 saturated carbocycles. The minimum absolute atomic E-state index is 0.112. The van der Waals surface area contributed by atoms with Gasteiger partial charge in [0.1, 0.15) is 23.4 Å². The molecule has 1 saturated heterocycles. The molecule has 1 aromatic heterocycles. The van der Waals surface area contributed by atoms with Crippen LogP contribution in [0.2, 0.25) is 0 Å². The first-order valence-corrected chi connectivity index (χ1v) is 21.3. The number of halogens is 5. The Bertz CT molecular complexity index is 2340. The number of para-hydroxylation sites is 1. The first-order chi connectivity index (χ1) is 27.9. The van der Waals surface area contributed by atoms with Crippen molar-refractivity contribution in [2.45, 2.75) is 138 Å². The number of aryl methyl sites for hydroxylation is 2. The van der Waals surface area contributed by atoms with Gasteiger partial charge in [-0.2, -0.15) is 22.0 Å². The van der Waals surface area contributed by atoms with Gasteiger partial charge in [-0.25, -0.2) is 22.9 Å². The van der Waals surface area contributed by atoms with Crippen molar-refractivity contribution in [3.63, 3.8) is 0 Å². The molecule has 2 fully saturated rings. The zero-order valence-electron chi connectivity index (χ0n) is 33.4. The first kappa shape index (κ1) is 43.1. The largest absolute Gasteiger partial charge is 0.483 e. The quantitative estimate of drug-likeness (QED) is 0.198. The highest BCUT2D eigenvalue weighted by Gasteiger charge is 2.69. The number of hydrogen-bond donors (Lipinski definition) is 3. The molecule has 4 heterocycles. The average Bonchev–Trinajstić information content (AvgIpc) is 3.82. The van der Waals surface area contributed by atoms with E-state index in [0.29, 0.717) is 63.8 Å². The van der Waals surface area contributed by atoms with Gasteiger partial charge in [0, 0.05) is 17.4 Å². The van der Waals surface area contributed by atoms with Crippen molar-refractivity contribution >= 4 is 44.7 Å². The molecule has 1 aromatic carbocycles. The van der Waals surface area contributed by atoms with Crippen molar-refractivity contribution in [3.05, 3.63) is 47.7 Å². The molecule has 13 nitrogen and oxygen atoms in total. The molecule has 7 rings (SSSR count). The van der Waals surface area contributed by atoms with E-state index in [9.17, 15) is 49.5 Å². The number of aromatic nitrogens is 1. The SMILES string of the molecule is Cc1nc2ccccc2c2c1OC1(CC2)CC2C(=O)NC3(C(=O)NS(=O)(=O)C4(C)CC4)C#CC3C=CCCCCCC(NC(=O)OC(C)(C)C(F)(F)C(F)(F)F)C(=O)N2C1. The Labute approximate surface area is 343 Å². The number of sulfonamides is 1. The van der Waals surface area contributed by atoms with E-state index in [0.717, 1.165) is 21.4 Å². The van der Waals surface area contributed by atoms with Gasteiger partial charge in [0.2, 0.25) is 21.8 Å². The smallest absolute Gasteiger partial charge is 0.457 e. The second kappa shape index (κ2) is 14.9. The predicted molar refractivity (Wildman–Crippen MR) is 206 cm³/mol. The summed E-state index contributed by atoms with van der Waals surface area (Å²) >= 11 is 0. The Balaban J connectivity index is 1.24. The predicted octanol–water partition coefficient (Wildman–Crippen LogP) is 5.29. The number of carbonyl (C=O) groups excluding carboxylic acids is 4. The summed E-state index contributed by atoms with van der Waals surface area (Å²) in [6.45, 7) is 3.79. The summed E-state index contributed by atoms with van der Waals surface area (Å²) in [5.41, 5.74) is -4.53. The van der Waals surface area contributed by atoms with Gasteiger partial charge in [0.05, 0.1) is 28.4 Å². The highest BCUT2D eigenvalue weighted by atomic mass is 32.2. The van der Waals surface area contributed by atoms with Crippen molar-refractivity contribution in [3.8, 4) is 17.6 Å². The molecule has 2 aromatic rings. The summed E-state index contributed by atoms with van der Waals surface area (Å²) < 4.78 is 108. The fourth-order valence-electron chi connectivity index (χ4n) is 8.26. The van der Waals surface area contributed by atoms with E-state index < -0.39 is 85.4 Å². The monoisotopic (exact) mass is 863 g/mol. The zero-order valence-corrected chi connectivity index (χ0v) is 34.2. The van der Waals surface area contributed by atoms with Crippen LogP contribution in [-0.2, 0) is 35.6 Å². The lowest BCUT2D eigenvalue weighted by atomic mass is 9.75. The van der Waals surface area contributed by atoms with Gasteiger partial charge in [-0.1, -0.05) is 55.0 Å². The molecule has 0 radical (unpaired) electrons. The number of hydrogen-bond acceptors (Lipinski definition) is 9. The summed E-state index contributed by atoms with van der Waals surface area (Å²) in [6, 6.07) is 4.47. The fourth-order valence-corrected chi connectivity index (χ4v) is 9.55.